The van der Waals surface area contributed by atoms with E-state index in [2.05, 4.69) is 21.2 Å². The van der Waals surface area contributed by atoms with Crippen molar-refractivity contribution in [2.75, 3.05) is 25.6 Å². The number of nitrogens with one attached hydrogen (secondary N) is 1. The van der Waals surface area contributed by atoms with E-state index in [1.807, 2.05) is 6.07 Å². The lowest BCUT2D eigenvalue weighted by Gasteiger charge is -2.08. The molecule has 1 N–H and O–H groups in total. The summed E-state index contributed by atoms with van der Waals surface area (Å²) in [6.07, 6.45) is 0.902. The van der Waals surface area contributed by atoms with Crippen molar-refractivity contribution in [1.82, 2.24) is 0 Å². The minimum atomic E-state index is -0.248. The number of benzene rings is 1. The number of methoxy groups -OCH3 is 1. The van der Waals surface area contributed by atoms with Crippen molar-refractivity contribution < 1.29 is 9.13 Å². The average molecular weight is 262 g/mol. The maximum Gasteiger partial charge on any atom is 0.139 e. The lowest BCUT2D eigenvalue weighted by Crippen LogP contribution is -2.05. The van der Waals surface area contributed by atoms with E-state index < -0.39 is 0 Å². The van der Waals surface area contributed by atoms with Crippen molar-refractivity contribution in [2.45, 2.75) is 6.42 Å². The van der Waals surface area contributed by atoms with E-state index in [9.17, 15) is 4.39 Å². The molecule has 0 bridgehead atoms. The van der Waals surface area contributed by atoms with E-state index in [0.717, 1.165) is 18.7 Å². The first-order chi connectivity index (χ1) is 6.75. The number of anilines is 1. The number of rotatable bonds is 5. The number of hydrogen-bond acceptors (Lipinski definition) is 2. The van der Waals surface area contributed by atoms with Crippen molar-refractivity contribution in [3.63, 3.8) is 0 Å². The van der Waals surface area contributed by atoms with Gasteiger partial charge in [-0.05, 0) is 34.5 Å². The first-order valence-electron chi connectivity index (χ1n) is 4.42. The van der Waals surface area contributed by atoms with Gasteiger partial charge in [-0.2, -0.15) is 0 Å². The van der Waals surface area contributed by atoms with Gasteiger partial charge in [-0.1, -0.05) is 6.07 Å². The molecule has 0 atom stereocenters. The summed E-state index contributed by atoms with van der Waals surface area (Å²) < 4.78 is 18.4. The van der Waals surface area contributed by atoms with Crippen LogP contribution in [0.2, 0.25) is 0 Å². The lowest BCUT2D eigenvalue weighted by molar-refractivity contribution is 0.198. The molecule has 1 aromatic carbocycles. The van der Waals surface area contributed by atoms with Gasteiger partial charge < -0.3 is 10.1 Å². The van der Waals surface area contributed by atoms with E-state index >= 15 is 0 Å². The Bertz CT molecular complexity index is 293. The highest BCUT2D eigenvalue weighted by Gasteiger charge is 2.03. The Morgan fingerprint density at radius 2 is 2.29 bits per heavy atom. The van der Waals surface area contributed by atoms with Gasteiger partial charge in [-0.3, -0.25) is 0 Å². The molecule has 0 aromatic heterocycles. The SMILES string of the molecule is COCCCNc1cccc(F)c1Br. The second-order valence-electron chi connectivity index (χ2n) is 2.87. The molecule has 0 aliphatic carbocycles. The molecule has 0 heterocycles. The third-order valence-electron chi connectivity index (χ3n) is 1.79. The van der Waals surface area contributed by atoms with Gasteiger partial charge in [0.25, 0.3) is 0 Å². The Morgan fingerprint density at radius 1 is 1.50 bits per heavy atom. The summed E-state index contributed by atoms with van der Waals surface area (Å²) >= 11 is 3.18. The van der Waals surface area contributed by atoms with E-state index in [0.29, 0.717) is 11.1 Å². The smallest absolute Gasteiger partial charge is 0.139 e. The third-order valence-corrected chi connectivity index (χ3v) is 2.60. The van der Waals surface area contributed by atoms with Crippen LogP contribution in [0.15, 0.2) is 22.7 Å². The zero-order valence-corrected chi connectivity index (χ0v) is 9.60. The molecular weight excluding hydrogens is 249 g/mol. The van der Waals surface area contributed by atoms with Crippen molar-refractivity contribution in [3.8, 4) is 0 Å². The van der Waals surface area contributed by atoms with Crippen LogP contribution >= 0.6 is 15.9 Å². The molecule has 0 fully saturated rings. The zero-order chi connectivity index (χ0) is 10.4. The quantitative estimate of drug-likeness (QED) is 0.823. The molecule has 0 aliphatic rings. The summed E-state index contributed by atoms with van der Waals surface area (Å²) in [5.74, 6) is -0.248. The summed E-state index contributed by atoms with van der Waals surface area (Å²) in [4.78, 5) is 0. The molecule has 0 unspecified atom stereocenters. The summed E-state index contributed by atoms with van der Waals surface area (Å²) in [6, 6.07) is 4.93. The Hall–Kier alpha value is -0.610. The van der Waals surface area contributed by atoms with Gasteiger partial charge in [0.2, 0.25) is 0 Å². The largest absolute Gasteiger partial charge is 0.385 e. The predicted molar refractivity (Wildman–Crippen MR) is 59.1 cm³/mol. The molecule has 1 aromatic rings. The second kappa shape index (κ2) is 5.98. The Morgan fingerprint density at radius 3 is 3.00 bits per heavy atom. The normalized spacial score (nSPS) is 10.2. The molecule has 1 rings (SSSR count). The number of halogens is 2. The van der Waals surface area contributed by atoms with Crippen molar-refractivity contribution in [2.24, 2.45) is 0 Å². The Balaban J connectivity index is 2.46. The standard InChI is InChI=1S/C10H13BrFNO/c1-14-7-3-6-13-9-5-2-4-8(12)10(9)11/h2,4-5,13H,3,6-7H2,1H3. The fraction of sp³-hybridized carbons (Fsp3) is 0.400. The number of ether oxygens (including phenoxy) is 1. The molecule has 0 aliphatic heterocycles. The molecule has 4 heteroatoms. The molecular formula is C10H13BrFNO. The van der Waals surface area contributed by atoms with Crippen LogP contribution in [0.3, 0.4) is 0 Å². The van der Waals surface area contributed by atoms with Gasteiger partial charge in [-0.25, -0.2) is 4.39 Å². The highest BCUT2D eigenvalue weighted by molar-refractivity contribution is 9.10. The van der Waals surface area contributed by atoms with Crippen LogP contribution in [0.25, 0.3) is 0 Å². The topological polar surface area (TPSA) is 21.3 Å². The molecule has 78 valence electrons. The van der Waals surface area contributed by atoms with Gasteiger partial charge >= 0.3 is 0 Å². The average Bonchev–Trinajstić information content (AvgIpc) is 2.19. The van der Waals surface area contributed by atoms with Gasteiger partial charge in [0.1, 0.15) is 5.82 Å². The van der Waals surface area contributed by atoms with Crippen LogP contribution in [-0.4, -0.2) is 20.3 Å². The van der Waals surface area contributed by atoms with Gasteiger partial charge in [-0.15, -0.1) is 0 Å². The van der Waals surface area contributed by atoms with Crippen molar-refractivity contribution >= 4 is 21.6 Å². The first kappa shape index (κ1) is 11.5. The van der Waals surface area contributed by atoms with E-state index in [-0.39, 0.29) is 5.82 Å². The van der Waals surface area contributed by atoms with Crippen LogP contribution in [-0.2, 0) is 4.74 Å². The second-order valence-corrected chi connectivity index (χ2v) is 3.67. The molecule has 14 heavy (non-hydrogen) atoms. The minimum Gasteiger partial charge on any atom is -0.385 e. The first-order valence-corrected chi connectivity index (χ1v) is 5.22. The molecule has 0 saturated carbocycles. The molecule has 0 saturated heterocycles. The predicted octanol–water partition coefficient (Wildman–Crippen LogP) is 3.04. The summed E-state index contributed by atoms with van der Waals surface area (Å²) in [5.41, 5.74) is 0.779. The monoisotopic (exact) mass is 261 g/mol. The summed E-state index contributed by atoms with van der Waals surface area (Å²) in [7, 11) is 1.66. The maximum atomic E-state index is 13.0. The van der Waals surface area contributed by atoms with E-state index in [1.165, 1.54) is 6.07 Å². The van der Waals surface area contributed by atoms with Gasteiger partial charge in [0.15, 0.2) is 0 Å². The third kappa shape index (κ3) is 3.27. The molecule has 0 radical (unpaired) electrons. The molecule has 0 amide bonds. The Labute approximate surface area is 91.6 Å². The van der Waals surface area contributed by atoms with Crippen molar-refractivity contribution in [3.05, 3.63) is 28.5 Å². The van der Waals surface area contributed by atoms with Crippen LogP contribution in [0, 0.1) is 5.82 Å². The van der Waals surface area contributed by atoms with E-state index in [1.54, 1.807) is 13.2 Å². The highest BCUT2D eigenvalue weighted by atomic mass is 79.9. The van der Waals surface area contributed by atoms with Crippen LogP contribution in [0.4, 0.5) is 10.1 Å². The Kier molecular flexibility index (Phi) is 4.90. The molecule has 0 spiro atoms. The maximum absolute atomic E-state index is 13.0. The van der Waals surface area contributed by atoms with E-state index in [4.69, 9.17) is 4.74 Å². The summed E-state index contributed by atoms with van der Waals surface area (Å²) in [5, 5.41) is 3.12. The highest BCUT2D eigenvalue weighted by Crippen LogP contribution is 2.24. The van der Waals surface area contributed by atoms with Crippen molar-refractivity contribution in [1.29, 1.82) is 0 Å². The number of hydrogen-bond donors (Lipinski definition) is 1. The summed E-state index contributed by atoms with van der Waals surface area (Å²) in [6.45, 7) is 1.48. The van der Waals surface area contributed by atoms with Crippen LogP contribution in [0.1, 0.15) is 6.42 Å². The fourth-order valence-electron chi connectivity index (χ4n) is 1.08. The van der Waals surface area contributed by atoms with Crippen LogP contribution in [0.5, 0.6) is 0 Å². The lowest BCUT2D eigenvalue weighted by atomic mass is 10.3. The minimum absolute atomic E-state index is 0.248. The van der Waals surface area contributed by atoms with Gasteiger partial charge in [0.05, 0.1) is 10.2 Å². The fourth-order valence-corrected chi connectivity index (χ4v) is 1.48. The molecule has 2 nitrogen and oxygen atoms in total. The van der Waals surface area contributed by atoms with Gasteiger partial charge in [0, 0.05) is 20.3 Å². The van der Waals surface area contributed by atoms with Crippen LogP contribution < -0.4 is 5.32 Å². The zero-order valence-electron chi connectivity index (χ0n) is 8.02.